The number of carbonyl (C=O) groups excluding carboxylic acids is 5. The molecule has 220 valence electrons. The van der Waals surface area contributed by atoms with Crippen molar-refractivity contribution in [3.8, 4) is 0 Å². The molecule has 4 unspecified atom stereocenters. The Labute approximate surface area is 228 Å². The van der Waals surface area contributed by atoms with Gasteiger partial charge in [0, 0.05) is 18.5 Å². The second-order valence-electron chi connectivity index (χ2n) is 10.4. The van der Waals surface area contributed by atoms with Crippen LogP contribution in [0.5, 0.6) is 0 Å². The van der Waals surface area contributed by atoms with Crippen molar-refractivity contribution < 1.29 is 59.8 Å². The van der Waals surface area contributed by atoms with E-state index in [4.69, 9.17) is 9.47 Å². The van der Waals surface area contributed by atoms with Crippen LogP contribution in [-0.4, -0.2) is 69.2 Å². The monoisotopic (exact) mass is 588 g/mol. The van der Waals surface area contributed by atoms with E-state index in [0.717, 1.165) is 12.3 Å². The maximum atomic E-state index is 14.1. The maximum absolute atomic E-state index is 14.1. The van der Waals surface area contributed by atoms with Gasteiger partial charge in [-0.3, -0.25) is 14.4 Å². The minimum absolute atomic E-state index is 0.0375. The lowest BCUT2D eigenvalue weighted by atomic mass is 9.71. The van der Waals surface area contributed by atoms with Crippen LogP contribution in [0.1, 0.15) is 37.7 Å². The molecule has 5 rings (SSSR count). The second-order valence-corrected chi connectivity index (χ2v) is 10.4. The number of alkyl halides is 6. The molecular formula is C26H22F6N2O7. The Balaban J connectivity index is 1.66. The van der Waals surface area contributed by atoms with Crippen molar-refractivity contribution in [1.82, 2.24) is 10.0 Å². The van der Waals surface area contributed by atoms with E-state index in [1.807, 2.05) is 0 Å². The predicted molar refractivity (Wildman–Crippen MR) is 122 cm³/mol. The van der Waals surface area contributed by atoms with Crippen LogP contribution in [0, 0.1) is 11.8 Å². The topological polar surface area (TPSA) is 110 Å². The summed E-state index contributed by atoms with van der Waals surface area (Å²) < 4.78 is 90.0. The molecule has 0 radical (unpaired) electrons. The minimum atomic E-state index is -5.58. The number of amides is 1. The molecule has 2 saturated heterocycles. The molecule has 15 heteroatoms. The summed E-state index contributed by atoms with van der Waals surface area (Å²) in [5, 5.41) is 1.19. The quantitative estimate of drug-likeness (QED) is 0.293. The third-order valence-electron chi connectivity index (χ3n) is 8.00. The van der Waals surface area contributed by atoms with Crippen molar-refractivity contribution in [1.29, 1.82) is 0 Å². The molecule has 1 aromatic rings. The largest absolute Gasteiger partial charge is 0.491 e. The number of rotatable bonds is 5. The number of nitrogens with zero attached hydrogens (tertiary/aromatic N) is 2. The molecule has 41 heavy (non-hydrogen) atoms. The van der Waals surface area contributed by atoms with E-state index in [-0.39, 0.29) is 18.4 Å². The van der Waals surface area contributed by atoms with Crippen LogP contribution in [0.2, 0.25) is 0 Å². The van der Waals surface area contributed by atoms with Crippen LogP contribution < -0.4 is 0 Å². The van der Waals surface area contributed by atoms with Crippen LogP contribution in [0.4, 0.5) is 26.3 Å². The van der Waals surface area contributed by atoms with Gasteiger partial charge in [0.05, 0.1) is 0 Å². The molecule has 1 aliphatic carbocycles. The zero-order chi connectivity index (χ0) is 30.0. The van der Waals surface area contributed by atoms with Gasteiger partial charge in [-0.1, -0.05) is 49.6 Å². The van der Waals surface area contributed by atoms with Crippen molar-refractivity contribution >= 4 is 29.4 Å². The molecule has 1 aromatic carbocycles. The van der Waals surface area contributed by atoms with Crippen LogP contribution in [-0.2, 0) is 39.9 Å². The number of allylic oxidation sites excluding steroid dienone is 1. The number of halogens is 6. The summed E-state index contributed by atoms with van der Waals surface area (Å²) in [5.74, 6) is -12.5. The Kier molecular flexibility index (Phi) is 6.69. The lowest BCUT2D eigenvalue weighted by molar-refractivity contribution is -0.242. The number of carbonyl (C=O) groups is 5. The van der Waals surface area contributed by atoms with Crippen molar-refractivity contribution in [2.75, 3.05) is 0 Å². The molecular weight excluding hydrogens is 566 g/mol. The summed E-state index contributed by atoms with van der Waals surface area (Å²) in [4.78, 5) is 65.7. The third kappa shape index (κ3) is 4.36. The summed E-state index contributed by atoms with van der Waals surface area (Å²) >= 11 is 0. The van der Waals surface area contributed by atoms with Gasteiger partial charge in [0.25, 0.3) is 11.5 Å². The lowest BCUT2D eigenvalue weighted by Gasteiger charge is -2.45. The number of esters is 2. The normalized spacial score (nSPS) is 30.0. The Bertz CT molecular complexity index is 1320. The number of Topliss-reactive ketones (excluding diaryl/α,β-unsaturated/α-hetero) is 1. The first kappa shape index (κ1) is 28.6. The van der Waals surface area contributed by atoms with Gasteiger partial charge < -0.3 is 9.47 Å². The number of hydrogen-bond donors (Lipinski definition) is 0. The van der Waals surface area contributed by atoms with E-state index < -0.39 is 77.4 Å². The predicted octanol–water partition coefficient (Wildman–Crippen LogP) is 3.18. The van der Waals surface area contributed by atoms with E-state index in [2.05, 4.69) is 0 Å². The average Bonchev–Trinajstić information content (AvgIpc) is 3.20. The Morgan fingerprint density at radius 3 is 2.05 bits per heavy atom. The summed E-state index contributed by atoms with van der Waals surface area (Å²) in [5.41, 5.74) is -5.32. The number of hydrazine groups is 1. The Hall–Kier alpha value is -3.91. The molecule has 1 amide bonds. The fourth-order valence-electron chi connectivity index (χ4n) is 6.36. The van der Waals surface area contributed by atoms with Crippen molar-refractivity contribution in [2.45, 2.75) is 68.2 Å². The molecule has 4 atom stereocenters. The summed E-state index contributed by atoms with van der Waals surface area (Å²) in [7, 11) is 0. The molecule has 3 fully saturated rings. The highest BCUT2D eigenvalue weighted by atomic mass is 19.4. The van der Waals surface area contributed by atoms with Crippen LogP contribution in [0.25, 0.3) is 0 Å². The maximum Gasteiger partial charge on any atom is 0.491 e. The highest BCUT2D eigenvalue weighted by Crippen LogP contribution is 2.55. The summed E-state index contributed by atoms with van der Waals surface area (Å²) in [6.07, 6.45) is -8.53. The van der Waals surface area contributed by atoms with Gasteiger partial charge in [-0.2, -0.15) is 26.3 Å². The number of hydrogen-bond acceptors (Lipinski definition) is 8. The van der Waals surface area contributed by atoms with Crippen molar-refractivity contribution in [3.05, 3.63) is 48.2 Å². The lowest BCUT2D eigenvalue weighted by Crippen LogP contribution is -2.63. The SMILES string of the molecule is O=C1C=CN2N3C(=O)C(OC(=O)C(F)(F)F)(C4CCCCC4)C(=O)C3C1C2(Cc1ccccc1)OC(=O)C(F)(F)F. The third-order valence-corrected chi connectivity index (χ3v) is 8.00. The molecule has 0 aromatic heterocycles. The Morgan fingerprint density at radius 1 is 0.878 bits per heavy atom. The Morgan fingerprint density at radius 2 is 1.46 bits per heavy atom. The number of fused-ring (bicyclic) bond motifs is 5. The highest BCUT2D eigenvalue weighted by molar-refractivity contribution is 6.21. The second kappa shape index (κ2) is 9.58. The zero-order valence-corrected chi connectivity index (χ0v) is 21.0. The number of benzene rings is 1. The van der Waals surface area contributed by atoms with Crippen LogP contribution in [0.3, 0.4) is 0 Å². The molecule has 3 heterocycles. The molecule has 1 saturated carbocycles. The van der Waals surface area contributed by atoms with E-state index >= 15 is 0 Å². The van der Waals surface area contributed by atoms with Gasteiger partial charge in [0.2, 0.25) is 11.5 Å². The van der Waals surface area contributed by atoms with Gasteiger partial charge in [-0.25, -0.2) is 19.6 Å². The minimum Gasteiger partial charge on any atom is -0.434 e. The first-order chi connectivity index (χ1) is 19.1. The van der Waals surface area contributed by atoms with Gasteiger partial charge in [0.15, 0.2) is 5.78 Å². The fraction of sp³-hybridized carbons (Fsp3) is 0.500. The van der Waals surface area contributed by atoms with Crippen LogP contribution in [0.15, 0.2) is 42.6 Å². The molecule has 2 bridgehead atoms. The summed E-state index contributed by atoms with van der Waals surface area (Å²) in [6.45, 7) is 0. The van der Waals surface area contributed by atoms with E-state index in [1.165, 1.54) is 24.3 Å². The first-order valence-corrected chi connectivity index (χ1v) is 12.7. The summed E-state index contributed by atoms with van der Waals surface area (Å²) in [6, 6.07) is 5.47. The van der Waals surface area contributed by atoms with Gasteiger partial charge in [-0.15, -0.1) is 0 Å². The zero-order valence-electron chi connectivity index (χ0n) is 21.0. The van der Waals surface area contributed by atoms with Crippen LogP contribution >= 0.6 is 0 Å². The van der Waals surface area contributed by atoms with Gasteiger partial charge in [-0.05, 0) is 24.5 Å². The number of ketones is 2. The number of ether oxygens (including phenoxy) is 2. The van der Waals surface area contributed by atoms with Gasteiger partial charge >= 0.3 is 24.3 Å². The molecule has 3 aliphatic heterocycles. The molecule has 0 spiro atoms. The molecule has 9 nitrogen and oxygen atoms in total. The van der Waals surface area contributed by atoms with Crippen molar-refractivity contribution in [2.24, 2.45) is 11.8 Å². The van der Waals surface area contributed by atoms with Gasteiger partial charge in [0.1, 0.15) is 12.0 Å². The van der Waals surface area contributed by atoms with E-state index in [9.17, 15) is 50.3 Å². The molecule has 4 aliphatic rings. The van der Waals surface area contributed by atoms with Crippen molar-refractivity contribution in [3.63, 3.8) is 0 Å². The highest BCUT2D eigenvalue weighted by Gasteiger charge is 2.78. The molecule has 0 N–H and O–H groups in total. The average molecular weight is 588 g/mol. The van der Waals surface area contributed by atoms with E-state index in [0.29, 0.717) is 29.3 Å². The first-order valence-electron chi connectivity index (χ1n) is 12.7. The smallest absolute Gasteiger partial charge is 0.434 e. The standard InChI is InChI=1S/C26H22F6N2O7/c27-25(28,29)21(38)40-23(13-14-7-3-1-4-8-14)17-16(35)11-12-33(23)34-18(17)19(36)24(20(34)37,15-9-5-2-6-10-15)41-22(39)26(30,31)32/h1,3-4,7-8,11-12,15,17-18H,2,5-6,9-10,13H2. The fourth-order valence-corrected chi connectivity index (χ4v) is 6.36. The van der Waals surface area contributed by atoms with E-state index in [1.54, 1.807) is 6.07 Å².